The van der Waals surface area contributed by atoms with Crippen molar-refractivity contribution >= 4 is 36.2 Å². The summed E-state index contributed by atoms with van der Waals surface area (Å²) in [7, 11) is 0. The van der Waals surface area contributed by atoms with Gasteiger partial charge in [0.25, 0.3) is 0 Å². The van der Waals surface area contributed by atoms with E-state index in [-0.39, 0.29) is 37.0 Å². The Labute approximate surface area is 156 Å². The summed E-state index contributed by atoms with van der Waals surface area (Å²) in [6.07, 6.45) is 2.37. The third kappa shape index (κ3) is 6.06. The summed E-state index contributed by atoms with van der Waals surface area (Å²) in [5.74, 6) is 0. The molecule has 0 saturated carbocycles. The van der Waals surface area contributed by atoms with E-state index in [0.29, 0.717) is 13.1 Å². The van der Waals surface area contributed by atoms with Crippen LogP contribution in [0.1, 0.15) is 53.4 Å². The minimum Gasteiger partial charge on any atom is -0.391 e. The predicted octanol–water partition coefficient (Wildman–Crippen LogP) is 3.03. The van der Waals surface area contributed by atoms with Gasteiger partial charge in [-0.05, 0) is 53.4 Å². The molecular weight excluding hydrogens is 351 g/mol. The number of aliphatic hydroxyl groups is 2. The Bertz CT molecular complexity index is 460. The molecule has 2 rings (SSSR count). The molecular formula is C16H30Cl2N4O2. The SMILES string of the molecule is CC(C)(N=NC(C)(C)C1=NCC(O)CC1)C1=NCC(O)CC1.Cl.Cl. The quantitative estimate of drug-likeness (QED) is 0.733. The molecule has 0 aromatic carbocycles. The second-order valence-corrected chi connectivity index (χ2v) is 7.28. The maximum atomic E-state index is 9.55. The molecule has 0 fully saturated rings. The Morgan fingerprint density at radius 2 is 1.12 bits per heavy atom. The highest BCUT2D eigenvalue weighted by Gasteiger charge is 2.31. The van der Waals surface area contributed by atoms with Crippen molar-refractivity contribution in [1.82, 2.24) is 0 Å². The van der Waals surface area contributed by atoms with Crippen LogP contribution in [0.25, 0.3) is 0 Å². The van der Waals surface area contributed by atoms with Crippen LogP contribution in [0.15, 0.2) is 20.2 Å². The van der Waals surface area contributed by atoms with Crippen molar-refractivity contribution in [2.45, 2.75) is 76.7 Å². The zero-order valence-electron chi connectivity index (χ0n) is 14.9. The topological polar surface area (TPSA) is 89.9 Å². The van der Waals surface area contributed by atoms with E-state index in [4.69, 9.17) is 0 Å². The number of hydrogen-bond acceptors (Lipinski definition) is 6. The molecule has 0 saturated heterocycles. The third-order valence-corrected chi connectivity index (χ3v) is 4.38. The van der Waals surface area contributed by atoms with E-state index in [1.165, 1.54) is 0 Å². The second-order valence-electron chi connectivity index (χ2n) is 7.28. The van der Waals surface area contributed by atoms with Crippen LogP contribution in [0.3, 0.4) is 0 Å². The van der Waals surface area contributed by atoms with E-state index in [2.05, 4.69) is 20.2 Å². The minimum absolute atomic E-state index is 0. The zero-order valence-corrected chi connectivity index (χ0v) is 16.5. The van der Waals surface area contributed by atoms with Crippen LogP contribution in [0.2, 0.25) is 0 Å². The number of aliphatic hydroxyl groups excluding tert-OH is 2. The van der Waals surface area contributed by atoms with Gasteiger partial charge in [-0.2, -0.15) is 10.2 Å². The fourth-order valence-corrected chi connectivity index (χ4v) is 2.74. The van der Waals surface area contributed by atoms with Crippen LogP contribution in [-0.2, 0) is 0 Å². The molecule has 2 aliphatic rings. The van der Waals surface area contributed by atoms with Crippen molar-refractivity contribution < 1.29 is 10.2 Å². The van der Waals surface area contributed by atoms with Gasteiger partial charge >= 0.3 is 0 Å². The van der Waals surface area contributed by atoms with Gasteiger partial charge in [-0.3, -0.25) is 9.98 Å². The first-order valence-corrected chi connectivity index (χ1v) is 8.08. The first-order valence-electron chi connectivity index (χ1n) is 8.08. The lowest BCUT2D eigenvalue weighted by molar-refractivity contribution is 0.169. The Kier molecular flexibility index (Phi) is 9.01. The molecule has 0 bridgehead atoms. The van der Waals surface area contributed by atoms with Crippen molar-refractivity contribution in [2.75, 3.05) is 13.1 Å². The van der Waals surface area contributed by atoms with Crippen molar-refractivity contribution in [2.24, 2.45) is 20.2 Å². The van der Waals surface area contributed by atoms with E-state index >= 15 is 0 Å². The summed E-state index contributed by atoms with van der Waals surface area (Å²) in [6, 6.07) is 0. The average Bonchev–Trinajstić information content (AvgIpc) is 2.46. The molecule has 0 aromatic heterocycles. The lowest BCUT2D eigenvalue weighted by Gasteiger charge is -2.29. The van der Waals surface area contributed by atoms with Crippen LogP contribution in [0, 0.1) is 0 Å². The highest BCUT2D eigenvalue weighted by Crippen LogP contribution is 2.25. The molecule has 6 nitrogen and oxygen atoms in total. The highest BCUT2D eigenvalue weighted by molar-refractivity contribution is 5.94. The maximum Gasteiger partial charge on any atom is 0.113 e. The molecule has 0 amide bonds. The van der Waals surface area contributed by atoms with Gasteiger partial charge in [-0.1, -0.05) is 0 Å². The normalized spacial score (nSPS) is 25.4. The molecule has 140 valence electrons. The molecule has 0 spiro atoms. The van der Waals surface area contributed by atoms with Gasteiger partial charge in [-0.15, -0.1) is 24.8 Å². The summed E-state index contributed by atoms with van der Waals surface area (Å²) in [5, 5.41) is 28.2. The first-order chi connectivity index (χ1) is 10.2. The number of aliphatic imine (C=N–C) groups is 2. The van der Waals surface area contributed by atoms with Gasteiger partial charge < -0.3 is 10.2 Å². The largest absolute Gasteiger partial charge is 0.391 e. The highest BCUT2D eigenvalue weighted by atomic mass is 35.5. The predicted molar refractivity (Wildman–Crippen MR) is 103 cm³/mol. The van der Waals surface area contributed by atoms with Crippen LogP contribution >= 0.6 is 24.8 Å². The van der Waals surface area contributed by atoms with Gasteiger partial charge in [0.15, 0.2) is 0 Å². The molecule has 2 atom stereocenters. The molecule has 2 unspecified atom stereocenters. The number of rotatable bonds is 4. The summed E-state index contributed by atoms with van der Waals surface area (Å²) < 4.78 is 0. The molecule has 2 heterocycles. The number of nitrogens with zero attached hydrogens (tertiary/aromatic N) is 4. The number of halogens is 2. The van der Waals surface area contributed by atoms with Crippen LogP contribution in [0.4, 0.5) is 0 Å². The number of azo groups is 1. The monoisotopic (exact) mass is 380 g/mol. The summed E-state index contributed by atoms with van der Waals surface area (Å²) in [5.41, 5.74) is 1.09. The average molecular weight is 381 g/mol. The standard InChI is InChI=1S/C16H28N4O2.2ClH/c1-15(2,13-7-5-11(21)9-17-13)19-20-16(3,4)14-8-6-12(22)10-18-14;;/h11-12,21-22H,5-10H2,1-4H3;2*1H. The Morgan fingerprint density at radius 1 is 0.792 bits per heavy atom. The van der Waals surface area contributed by atoms with E-state index in [1.807, 2.05) is 27.7 Å². The van der Waals surface area contributed by atoms with Crippen molar-refractivity contribution in [1.29, 1.82) is 0 Å². The summed E-state index contributed by atoms with van der Waals surface area (Å²) in [4.78, 5) is 8.91. The first kappa shape index (κ1) is 23.4. The Hall–Kier alpha value is -0.560. The van der Waals surface area contributed by atoms with Gasteiger partial charge in [-0.25, -0.2) is 0 Å². The van der Waals surface area contributed by atoms with E-state index in [0.717, 1.165) is 37.1 Å². The van der Waals surface area contributed by atoms with Crippen LogP contribution in [0.5, 0.6) is 0 Å². The van der Waals surface area contributed by atoms with Gasteiger partial charge in [0.2, 0.25) is 0 Å². The second kappa shape index (κ2) is 9.22. The number of hydrogen-bond donors (Lipinski definition) is 2. The van der Waals surface area contributed by atoms with Crippen LogP contribution < -0.4 is 0 Å². The smallest absolute Gasteiger partial charge is 0.113 e. The van der Waals surface area contributed by atoms with Gasteiger partial charge in [0.05, 0.1) is 25.3 Å². The van der Waals surface area contributed by atoms with E-state index in [1.54, 1.807) is 0 Å². The van der Waals surface area contributed by atoms with Gasteiger partial charge in [0, 0.05) is 11.4 Å². The zero-order chi connectivity index (χ0) is 16.4. The fraction of sp³-hybridized carbons (Fsp3) is 0.875. The Morgan fingerprint density at radius 3 is 1.38 bits per heavy atom. The fourth-order valence-electron chi connectivity index (χ4n) is 2.74. The minimum atomic E-state index is -0.452. The molecule has 0 aromatic rings. The van der Waals surface area contributed by atoms with Crippen molar-refractivity contribution in [3.8, 4) is 0 Å². The van der Waals surface area contributed by atoms with Crippen LogP contribution in [-0.4, -0.2) is 58.0 Å². The maximum absolute atomic E-state index is 9.55. The molecule has 2 N–H and O–H groups in total. The van der Waals surface area contributed by atoms with E-state index in [9.17, 15) is 10.2 Å². The van der Waals surface area contributed by atoms with Gasteiger partial charge in [0.1, 0.15) is 11.1 Å². The third-order valence-electron chi connectivity index (χ3n) is 4.38. The summed E-state index contributed by atoms with van der Waals surface area (Å²) >= 11 is 0. The Balaban J connectivity index is 0.00000264. The molecule has 24 heavy (non-hydrogen) atoms. The lowest BCUT2D eigenvalue weighted by atomic mass is 9.91. The molecule has 8 heteroatoms. The lowest BCUT2D eigenvalue weighted by Crippen LogP contribution is -2.37. The molecule has 0 radical (unpaired) electrons. The molecule has 0 aliphatic carbocycles. The molecule has 2 aliphatic heterocycles. The van der Waals surface area contributed by atoms with Crippen molar-refractivity contribution in [3.63, 3.8) is 0 Å². The van der Waals surface area contributed by atoms with E-state index < -0.39 is 11.1 Å². The summed E-state index contributed by atoms with van der Waals surface area (Å²) in [6.45, 7) is 8.96. The van der Waals surface area contributed by atoms with Crippen molar-refractivity contribution in [3.05, 3.63) is 0 Å².